The summed E-state index contributed by atoms with van der Waals surface area (Å²) in [6.07, 6.45) is 3.05. The largest absolute Gasteiger partial charge is 0.360 e. The van der Waals surface area contributed by atoms with Crippen LogP contribution in [0.1, 0.15) is 10.4 Å². The van der Waals surface area contributed by atoms with Crippen LogP contribution in [0.5, 0.6) is 0 Å². The van der Waals surface area contributed by atoms with Crippen molar-refractivity contribution in [3.05, 3.63) is 69.7 Å². The molecule has 4 atom stereocenters. The first-order valence-corrected chi connectivity index (χ1v) is 10.4. The molecule has 2 fully saturated rings. The van der Waals surface area contributed by atoms with E-state index >= 15 is 0 Å². The zero-order valence-electron chi connectivity index (χ0n) is 15.6. The number of thiophene rings is 1. The SMILES string of the molecule is O=C(NCc1c(F)cc(F)cc1F)[C@@H]1[C@@H]2C=C[C@]3(CN(Cc4cccs4)C(=O)[C@H]13)O2. The standard InChI is InChI=1S/C21H17F3N2O3S/c22-11-6-14(23)13(15(24)7-11)8-25-19(27)17-16-3-4-21(29-16)10-26(20(28)18(17)21)9-12-2-1-5-30-12/h1-7,16-18H,8-10H2,(H,25,27)/t16-,17+,18-,21+/m0/s1. The molecule has 30 heavy (non-hydrogen) atoms. The second kappa shape index (κ2) is 6.95. The van der Waals surface area contributed by atoms with E-state index in [9.17, 15) is 22.8 Å². The van der Waals surface area contributed by atoms with Crippen LogP contribution in [0.15, 0.2) is 41.8 Å². The van der Waals surface area contributed by atoms with Crippen LogP contribution in [-0.4, -0.2) is 35.0 Å². The summed E-state index contributed by atoms with van der Waals surface area (Å²) >= 11 is 1.54. The van der Waals surface area contributed by atoms with Crippen molar-refractivity contribution in [2.24, 2.45) is 11.8 Å². The Bertz CT molecular complexity index is 1030. The summed E-state index contributed by atoms with van der Waals surface area (Å²) in [6.45, 7) is 0.347. The lowest BCUT2D eigenvalue weighted by Crippen LogP contribution is -2.44. The number of carbonyl (C=O) groups excluding carboxylic acids is 2. The fourth-order valence-electron chi connectivity index (χ4n) is 4.64. The quantitative estimate of drug-likeness (QED) is 0.737. The Labute approximate surface area is 174 Å². The second-order valence-corrected chi connectivity index (χ2v) is 8.77. The Morgan fingerprint density at radius 2 is 2.07 bits per heavy atom. The lowest BCUT2D eigenvalue weighted by Gasteiger charge is -2.23. The van der Waals surface area contributed by atoms with Gasteiger partial charge in [-0.15, -0.1) is 11.3 Å². The molecule has 3 aliphatic heterocycles. The number of ether oxygens (including phenoxy) is 1. The molecule has 2 bridgehead atoms. The molecule has 0 radical (unpaired) electrons. The van der Waals surface area contributed by atoms with Crippen LogP contribution in [-0.2, 0) is 27.4 Å². The maximum absolute atomic E-state index is 13.9. The van der Waals surface area contributed by atoms with Gasteiger partial charge in [-0.05, 0) is 11.4 Å². The molecule has 156 valence electrons. The summed E-state index contributed by atoms with van der Waals surface area (Å²) in [6, 6.07) is 4.97. The summed E-state index contributed by atoms with van der Waals surface area (Å²) in [4.78, 5) is 28.7. The molecule has 1 spiro atoms. The monoisotopic (exact) mass is 434 g/mol. The summed E-state index contributed by atoms with van der Waals surface area (Å²) in [5.41, 5.74) is -1.29. The van der Waals surface area contributed by atoms with E-state index in [1.807, 2.05) is 23.6 Å². The number of carbonyl (C=O) groups is 2. The van der Waals surface area contributed by atoms with E-state index in [4.69, 9.17) is 4.74 Å². The summed E-state index contributed by atoms with van der Waals surface area (Å²) in [7, 11) is 0. The van der Waals surface area contributed by atoms with Gasteiger partial charge in [0.1, 0.15) is 23.1 Å². The van der Waals surface area contributed by atoms with Crippen molar-refractivity contribution in [3.63, 3.8) is 0 Å². The van der Waals surface area contributed by atoms with Crippen LogP contribution in [0.3, 0.4) is 0 Å². The van der Waals surface area contributed by atoms with E-state index in [-0.39, 0.29) is 5.91 Å². The van der Waals surface area contributed by atoms with E-state index in [2.05, 4.69) is 5.32 Å². The molecule has 3 aliphatic rings. The number of rotatable bonds is 5. The maximum atomic E-state index is 13.9. The third-order valence-corrected chi connectivity index (χ3v) is 6.81. The van der Waals surface area contributed by atoms with Gasteiger partial charge in [-0.3, -0.25) is 9.59 Å². The normalized spacial score (nSPS) is 29.0. The minimum atomic E-state index is -1.08. The van der Waals surface area contributed by atoms with Gasteiger partial charge in [-0.25, -0.2) is 13.2 Å². The highest BCUT2D eigenvalue weighted by atomic mass is 32.1. The number of hydrogen-bond donors (Lipinski definition) is 1. The van der Waals surface area contributed by atoms with Crippen LogP contribution < -0.4 is 5.32 Å². The molecule has 2 aromatic rings. The molecule has 0 unspecified atom stereocenters. The highest BCUT2D eigenvalue weighted by molar-refractivity contribution is 7.09. The van der Waals surface area contributed by atoms with Gasteiger partial charge in [0.25, 0.3) is 0 Å². The Morgan fingerprint density at radius 3 is 2.77 bits per heavy atom. The molecule has 0 saturated carbocycles. The highest BCUT2D eigenvalue weighted by Gasteiger charge is 2.66. The van der Waals surface area contributed by atoms with Crippen molar-refractivity contribution < 1.29 is 27.5 Å². The zero-order chi connectivity index (χ0) is 21.0. The third kappa shape index (κ3) is 2.95. The zero-order valence-corrected chi connectivity index (χ0v) is 16.4. The second-order valence-electron chi connectivity index (χ2n) is 7.74. The highest BCUT2D eigenvalue weighted by Crippen LogP contribution is 2.52. The number of likely N-dealkylation sites (tertiary alicyclic amines) is 1. The fourth-order valence-corrected chi connectivity index (χ4v) is 5.36. The van der Waals surface area contributed by atoms with E-state index in [1.54, 1.807) is 22.3 Å². The Hall–Kier alpha value is -2.65. The Kier molecular flexibility index (Phi) is 4.48. The van der Waals surface area contributed by atoms with Gasteiger partial charge in [0.15, 0.2) is 0 Å². The predicted molar refractivity (Wildman–Crippen MR) is 102 cm³/mol. The molecule has 0 aliphatic carbocycles. The summed E-state index contributed by atoms with van der Waals surface area (Å²) in [5, 5.41) is 4.42. The van der Waals surface area contributed by atoms with Gasteiger partial charge < -0.3 is 15.0 Å². The number of fused-ring (bicyclic) bond motifs is 1. The van der Waals surface area contributed by atoms with Crippen LogP contribution in [0.4, 0.5) is 13.2 Å². The Balaban J connectivity index is 1.33. The van der Waals surface area contributed by atoms with Crippen LogP contribution >= 0.6 is 11.3 Å². The average Bonchev–Trinajstić information content (AvgIpc) is 3.44. The average molecular weight is 434 g/mol. The fraction of sp³-hybridized carbons (Fsp3) is 0.333. The van der Waals surface area contributed by atoms with E-state index in [1.165, 1.54) is 0 Å². The molecule has 9 heteroatoms. The van der Waals surface area contributed by atoms with Crippen molar-refractivity contribution in [3.8, 4) is 0 Å². The molecule has 5 rings (SSSR count). The van der Waals surface area contributed by atoms with Crippen molar-refractivity contribution in [2.75, 3.05) is 6.54 Å². The first-order chi connectivity index (χ1) is 14.4. The van der Waals surface area contributed by atoms with Crippen molar-refractivity contribution in [2.45, 2.75) is 24.8 Å². The molecule has 2 saturated heterocycles. The summed E-state index contributed by atoms with van der Waals surface area (Å²) < 4.78 is 46.8. The van der Waals surface area contributed by atoms with Crippen LogP contribution in [0.2, 0.25) is 0 Å². The van der Waals surface area contributed by atoms with Crippen LogP contribution in [0.25, 0.3) is 0 Å². The molecule has 1 aromatic carbocycles. The smallest absolute Gasteiger partial charge is 0.230 e. The first-order valence-electron chi connectivity index (χ1n) is 9.47. The van der Waals surface area contributed by atoms with Gasteiger partial charge in [-0.2, -0.15) is 0 Å². The third-order valence-electron chi connectivity index (χ3n) is 5.95. The molecule has 1 aromatic heterocycles. The number of nitrogens with one attached hydrogen (secondary N) is 1. The number of benzene rings is 1. The number of amides is 2. The Morgan fingerprint density at radius 1 is 1.30 bits per heavy atom. The molecular formula is C21H17F3N2O3S. The summed E-state index contributed by atoms with van der Waals surface area (Å²) in [5.74, 6) is -5.35. The van der Waals surface area contributed by atoms with Gasteiger partial charge in [-0.1, -0.05) is 18.2 Å². The topological polar surface area (TPSA) is 58.6 Å². The number of nitrogens with zero attached hydrogens (tertiary/aromatic N) is 1. The van der Waals surface area contributed by atoms with Crippen molar-refractivity contribution >= 4 is 23.2 Å². The van der Waals surface area contributed by atoms with E-state index in [0.717, 1.165) is 4.88 Å². The number of hydrogen-bond acceptors (Lipinski definition) is 4. The maximum Gasteiger partial charge on any atom is 0.230 e. The van der Waals surface area contributed by atoms with E-state index in [0.29, 0.717) is 25.2 Å². The van der Waals surface area contributed by atoms with Gasteiger partial charge in [0, 0.05) is 29.1 Å². The first kappa shape index (κ1) is 19.3. The minimum Gasteiger partial charge on any atom is -0.360 e. The van der Waals surface area contributed by atoms with Gasteiger partial charge >= 0.3 is 0 Å². The van der Waals surface area contributed by atoms with Gasteiger partial charge in [0.2, 0.25) is 11.8 Å². The van der Waals surface area contributed by atoms with Crippen molar-refractivity contribution in [1.29, 1.82) is 0 Å². The molecule has 2 amide bonds. The van der Waals surface area contributed by atoms with Crippen LogP contribution in [0, 0.1) is 29.3 Å². The van der Waals surface area contributed by atoms with Gasteiger partial charge in [0.05, 0.1) is 31.0 Å². The molecule has 4 heterocycles. The lowest BCUT2D eigenvalue weighted by atomic mass is 9.77. The van der Waals surface area contributed by atoms with E-state index < -0.39 is 59.0 Å². The molecule has 1 N–H and O–H groups in total. The minimum absolute atomic E-state index is 0.172. The predicted octanol–water partition coefficient (Wildman–Crippen LogP) is 2.76. The van der Waals surface area contributed by atoms with Crippen molar-refractivity contribution in [1.82, 2.24) is 10.2 Å². The number of halogens is 3. The molecule has 5 nitrogen and oxygen atoms in total. The molecular weight excluding hydrogens is 417 g/mol. The lowest BCUT2D eigenvalue weighted by molar-refractivity contribution is -0.137.